The first-order chi connectivity index (χ1) is 7.38. The summed E-state index contributed by atoms with van der Waals surface area (Å²) in [6.07, 6.45) is 0.345. The van der Waals surface area contributed by atoms with Gasteiger partial charge in [-0.25, -0.2) is 4.79 Å². The predicted molar refractivity (Wildman–Crippen MR) is 60.9 cm³/mol. The summed E-state index contributed by atoms with van der Waals surface area (Å²) in [6.45, 7) is 5.22. The summed E-state index contributed by atoms with van der Waals surface area (Å²) in [5, 5.41) is 22.8. The third kappa shape index (κ3) is 5.72. The van der Waals surface area contributed by atoms with Crippen LogP contribution in [0, 0.1) is 5.92 Å². The molecule has 16 heavy (non-hydrogen) atoms. The monoisotopic (exact) mass is 230 g/mol. The van der Waals surface area contributed by atoms with E-state index in [0.717, 1.165) is 0 Å². The van der Waals surface area contributed by atoms with E-state index in [-0.39, 0.29) is 11.8 Å². The SMILES string of the molecule is CCC(NC(=O)C(C)CNB(C)O)C(=O)O. The molecule has 4 N–H and O–H groups in total. The zero-order valence-corrected chi connectivity index (χ0v) is 9.86. The number of hydrogen-bond donors (Lipinski definition) is 4. The number of rotatable bonds is 7. The summed E-state index contributed by atoms with van der Waals surface area (Å²) >= 11 is 0. The molecule has 0 aliphatic carbocycles. The topological polar surface area (TPSA) is 98.7 Å². The number of amides is 1. The summed E-state index contributed by atoms with van der Waals surface area (Å²) in [7, 11) is -0.684. The van der Waals surface area contributed by atoms with Crippen LogP contribution >= 0.6 is 0 Å². The predicted octanol–water partition coefficient (Wildman–Crippen LogP) is -0.698. The van der Waals surface area contributed by atoms with Crippen molar-refractivity contribution in [3.63, 3.8) is 0 Å². The second-order valence-corrected chi connectivity index (χ2v) is 3.79. The van der Waals surface area contributed by atoms with Gasteiger partial charge in [0.1, 0.15) is 6.04 Å². The van der Waals surface area contributed by atoms with Crippen LogP contribution in [0.25, 0.3) is 0 Å². The second-order valence-electron chi connectivity index (χ2n) is 3.79. The van der Waals surface area contributed by atoms with Crippen molar-refractivity contribution in [1.29, 1.82) is 0 Å². The molecule has 0 aliphatic rings. The summed E-state index contributed by atoms with van der Waals surface area (Å²) in [6, 6.07) is -0.846. The molecule has 0 saturated carbocycles. The van der Waals surface area contributed by atoms with E-state index in [9.17, 15) is 9.59 Å². The van der Waals surface area contributed by atoms with Crippen molar-refractivity contribution in [2.75, 3.05) is 6.54 Å². The van der Waals surface area contributed by atoms with Crippen LogP contribution in [0.2, 0.25) is 6.82 Å². The highest BCUT2D eigenvalue weighted by Crippen LogP contribution is 1.97. The summed E-state index contributed by atoms with van der Waals surface area (Å²) in [5.41, 5.74) is 0. The summed E-state index contributed by atoms with van der Waals surface area (Å²) in [4.78, 5) is 22.2. The van der Waals surface area contributed by atoms with Crippen LogP contribution in [-0.4, -0.2) is 41.6 Å². The third-order valence-electron chi connectivity index (χ3n) is 2.19. The van der Waals surface area contributed by atoms with Gasteiger partial charge in [0.05, 0.1) is 0 Å². The van der Waals surface area contributed by atoms with Gasteiger partial charge in [0.15, 0.2) is 0 Å². The Morgan fingerprint density at radius 1 is 1.44 bits per heavy atom. The first-order valence-corrected chi connectivity index (χ1v) is 5.33. The van der Waals surface area contributed by atoms with E-state index < -0.39 is 19.1 Å². The molecule has 0 rings (SSSR count). The molecule has 0 saturated heterocycles. The molecule has 6 nitrogen and oxygen atoms in total. The van der Waals surface area contributed by atoms with Crippen LogP contribution in [0.5, 0.6) is 0 Å². The first-order valence-electron chi connectivity index (χ1n) is 5.33. The molecule has 2 unspecified atom stereocenters. The van der Waals surface area contributed by atoms with Crippen LogP contribution < -0.4 is 10.5 Å². The number of nitrogens with one attached hydrogen (secondary N) is 2. The zero-order valence-electron chi connectivity index (χ0n) is 9.86. The van der Waals surface area contributed by atoms with E-state index in [2.05, 4.69) is 10.5 Å². The number of carboxylic acids is 1. The minimum atomic E-state index is -1.04. The number of carboxylic acid groups (broad SMARTS) is 1. The maximum atomic E-state index is 11.5. The van der Waals surface area contributed by atoms with Gasteiger partial charge in [-0.2, -0.15) is 0 Å². The van der Waals surface area contributed by atoms with Gasteiger partial charge in [0, 0.05) is 5.92 Å². The smallest absolute Gasteiger partial charge is 0.373 e. The maximum Gasteiger partial charge on any atom is 0.373 e. The van der Waals surface area contributed by atoms with Crippen molar-refractivity contribution in [3.05, 3.63) is 0 Å². The standard InChI is InChI=1S/C9H19BN2O4/c1-4-7(9(14)15)12-8(13)6(2)5-11-10(3)16/h6-7,11,16H,4-5H2,1-3H3,(H,12,13)(H,14,15). The summed E-state index contributed by atoms with van der Waals surface area (Å²) in [5.74, 6) is -1.75. The van der Waals surface area contributed by atoms with Crippen molar-refractivity contribution in [2.45, 2.75) is 33.1 Å². The zero-order chi connectivity index (χ0) is 12.7. The lowest BCUT2D eigenvalue weighted by Crippen LogP contribution is -2.46. The lowest BCUT2D eigenvalue weighted by Gasteiger charge is -2.17. The molecule has 0 aromatic carbocycles. The molecular formula is C9H19BN2O4. The third-order valence-corrected chi connectivity index (χ3v) is 2.19. The summed E-state index contributed by atoms with van der Waals surface area (Å²) < 4.78 is 0. The van der Waals surface area contributed by atoms with Gasteiger partial charge >= 0.3 is 13.0 Å². The van der Waals surface area contributed by atoms with Crippen molar-refractivity contribution < 1.29 is 19.7 Å². The van der Waals surface area contributed by atoms with Gasteiger partial charge in [0.2, 0.25) is 5.91 Å². The van der Waals surface area contributed by atoms with Crippen LogP contribution in [0.1, 0.15) is 20.3 Å². The molecule has 0 spiro atoms. The van der Waals surface area contributed by atoms with Gasteiger partial charge in [-0.05, 0) is 19.8 Å². The molecule has 7 heteroatoms. The van der Waals surface area contributed by atoms with Crippen LogP contribution in [0.4, 0.5) is 0 Å². The second kappa shape index (κ2) is 7.24. The molecule has 0 radical (unpaired) electrons. The molecule has 0 bridgehead atoms. The van der Waals surface area contributed by atoms with E-state index in [0.29, 0.717) is 13.0 Å². The lowest BCUT2D eigenvalue weighted by molar-refractivity contribution is -0.142. The van der Waals surface area contributed by atoms with Crippen molar-refractivity contribution in [1.82, 2.24) is 10.5 Å². The van der Waals surface area contributed by atoms with Gasteiger partial charge in [-0.1, -0.05) is 13.8 Å². The molecule has 1 amide bonds. The molecule has 2 atom stereocenters. The molecular weight excluding hydrogens is 211 g/mol. The van der Waals surface area contributed by atoms with Gasteiger partial charge in [-0.15, -0.1) is 0 Å². The molecule has 0 heterocycles. The van der Waals surface area contributed by atoms with Crippen LogP contribution in [-0.2, 0) is 9.59 Å². The van der Waals surface area contributed by atoms with Gasteiger partial charge in [0.25, 0.3) is 0 Å². The molecule has 0 fully saturated rings. The maximum absolute atomic E-state index is 11.5. The lowest BCUT2D eigenvalue weighted by atomic mass is 9.88. The highest BCUT2D eigenvalue weighted by molar-refractivity contribution is 6.45. The van der Waals surface area contributed by atoms with E-state index in [1.807, 2.05) is 0 Å². The molecule has 0 aromatic rings. The Labute approximate surface area is 95.6 Å². The molecule has 0 aromatic heterocycles. The van der Waals surface area contributed by atoms with E-state index in [1.165, 1.54) is 0 Å². The highest BCUT2D eigenvalue weighted by atomic mass is 16.4. The fourth-order valence-corrected chi connectivity index (χ4v) is 1.09. The van der Waals surface area contributed by atoms with Gasteiger partial charge < -0.3 is 20.7 Å². The number of carbonyl (C=O) groups is 2. The average molecular weight is 230 g/mol. The normalized spacial score (nSPS) is 14.0. The van der Waals surface area contributed by atoms with Crippen LogP contribution in [0.15, 0.2) is 0 Å². The minimum Gasteiger partial charge on any atom is -0.480 e. The Kier molecular flexibility index (Phi) is 6.75. The van der Waals surface area contributed by atoms with E-state index >= 15 is 0 Å². The van der Waals surface area contributed by atoms with E-state index in [4.69, 9.17) is 10.1 Å². The first kappa shape index (κ1) is 14.9. The number of hydrogen-bond acceptors (Lipinski definition) is 4. The fraction of sp³-hybridized carbons (Fsp3) is 0.778. The van der Waals surface area contributed by atoms with Crippen LogP contribution in [0.3, 0.4) is 0 Å². The Balaban J connectivity index is 4.08. The van der Waals surface area contributed by atoms with E-state index in [1.54, 1.807) is 20.7 Å². The average Bonchev–Trinajstić information content (AvgIpc) is 2.21. The minimum absolute atomic E-state index is 0.305. The quantitative estimate of drug-likeness (QED) is 0.433. The fourth-order valence-electron chi connectivity index (χ4n) is 1.09. The van der Waals surface area contributed by atoms with Crippen molar-refractivity contribution >= 4 is 18.9 Å². The Bertz CT molecular complexity index is 248. The largest absolute Gasteiger partial charge is 0.480 e. The Hall–Kier alpha value is -1.08. The number of carbonyl (C=O) groups excluding carboxylic acids is 1. The number of aliphatic carboxylic acids is 1. The highest BCUT2D eigenvalue weighted by Gasteiger charge is 2.21. The molecule has 92 valence electrons. The van der Waals surface area contributed by atoms with Crippen molar-refractivity contribution in [3.8, 4) is 0 Å². The van der Waals surface area contributed by atoms with Crippen molar-refractivity contribution in [2.24, 2.45) is 5.92 Å². The molecule has 0 aliphatic heterocycles. The Morgan fingerprint density at radius 2 is 2.00 bits per heavy atom. The van der Waals surface area contributed by atoms with Gasteiger partial charge in [-0.3, -0.25) is 4.79 Å². The Morgan fingerprint density at radius 3 is 2.38 bits per heavy atom.